The SMILES string of the molecule is CC(Nc1cccc(Cl)c1)(C(=O)O)c1cccc(F)c1. The van der Waals surface area contributed by atoms with Crippen molar-refractivity contribution >= 4 is 23.3 Å². The van der Waals surface area contributed by atoms with E-state index in [2.05, 4.69) is 5.32 Å². The molecule has 0 saturated heterocycles. The highest BCUT2D eigenvalue weighted by molar-refractivity contribution is 6.30. The Kier molecular flexibility index (Phi) is 3.95. The van der Waals surface area contributed by atoms with Crippen LogP contribution in [0.25, 0.3) is 0 Å². The molecule has 5 heteroatoms. The fraction of sp³-hybridized carbons (Fsp3) is 0.133. The zero-order chi connectivity index (χ0) is 14.8. The molecule has 0 amide bonds. The fourth-order valence-corrected chi connectivity index (χ4v) is 2.09. The maximum Gasteiger partial charge on any atom is 0.333 e. The van der Waals surface area contributed by atoms with Gasteiger partial charge in [0.25, 0.3) is 0 Å². The van der Waals surface area contributed by atoms with Crippen molar-refractivity contribution < 1.29 is 14.3 Å². The first kappa shape index (κ1) is 14.3. The molecule has 0 spiro atoms. The molecule has 2 aromatic carbocycles. The molecule has 0 fully saturated rings. The van der Waals surface area contributed by atoms with Crippen LogP contribution in [0, 0.1) is 5.82 Å². The minimum absolute atomic E-state index is 0.324. The third-order valence-corrected chi connectivity index (χ3v) is 3.28. The first-order valence-electron chi connectivity index (χ1n) is 5.95. The van der Waals surface area contributed by atoms with E-state index in [1.54, 1.807) is 30.3 Å². The average molecular weight is 294 g/mol. The number of nitrogens with one attached hydrogen (secondary N) is 1. The Balaban J connectivity index is 2.42. The number of carboxylic acid groups (broad SMARTS) is 1. The van der Waals surface area contributed by atoms with E-state index < -0.39 is 17.3 Å². The Morgan fingerprint density at radius 1 is 1.25 bits per heavy atom. The van der Waals surface area contributed by atoms with E-state index in [0.29, 0.717) is 16.3 Å². The van der Waals surface area contributed by atoms with E-state index in [1.165, 1.54) is 25.1 Å². The van der Waals surface area contributed by atoms with Crippen LogP contribution in [0.1, 0.15) is 12.5 Å². The summed E-state index contributed by atoms with van der Waals surface area (Å²) in [6.45, 7) is 1.48. The second-order valence-electron chi connectivity index (χ2n) is 4.58. The second-order valence-corrected chi connectivity index (χ2v) is 5.01. The molecule has 0 radical (unpaired) electrons. The predicted molar refractivity (Wildman–Crippen MR) is 76.5 cm³/mol. The lowest BCUT2D eigenvalue weighted by Crippen LogP contribution is -2.40. The number of benzene rings is 2. The lowest BCUT2D eigenvalue weighted by molar-refractivity contribution is -0.142. The lowest BCUT2D eigenvalue weighted by atomic mass is 9.91. The largest absolute Gasteiger partial charge is 0.479 e. The zero-order valence-corrected chi connectivity index (χ0v) is 11.5. The smallest absolute Gasteiger partial charge is 0.333 e. The number of carbonyl (C=O) groups is 1. The van der Waals surface area contributed by atoms with Crippen molar-refractivity contribution in [3.8, 4) is 0 Å². The summed E-state index contributed by atoms with van der Waals surface area (Å²) in [5.74, 6) is -1.59. The standard InChI is InChI=1S/C15H13ClFNO2/c1-15(14(19)20,10-4-2-6-12(17)8-10)18-13-7-3-5-11(16)9-13/h2-9,18H,1H3,(H,19,20). The van der Waals surface area contributed by atoms with Gasteiger partial charge >= 0.3 is 5.97 Å². The normalized spacial score (nSPS) is 13.6. The third kappa shape index (κ3) is 2.91. The topological polar surface area (TPSA) is 49.3 Å². The molecule has 104 valence electrons. The highest BCUT2D eigenvalue weighted by atomic mass is 35.5. The summed E-state index contributed by atoms with van der Waals surface area (Å²) in [4.78, 5) is 11.6. The minimum Gasteiger partial charge on any atom is -0.479 e. The van der Waals surface area contributed by atoms with Crippen LogP contribution in [0.2, 0.25) is 5.02 Å². The molecule has 20 heavy (non-hydrogen) atoms. The van der Waals surface area contributed by atoms with Gasteiger partial charge in [-0.3, -0.25) is 0 Å². The van der Waals surface area contributed by atoms with Crippen LogP contribution >= 0.6 is 11.6 Å². The first-order chi connectivity index (χ1) is 9.41. The molecule has 0 heterocycles. The quantitative estimate of drug-likeness (QED) is 0.899. The van der Waals surface area contributed by atoms with Gasteiger partial charge in [-0.05, 0) is 42.8 Å². The van der Waals surface area contributed by atoms with Crippen LogP contribution in [0.3, 0.4) is 0 Å². The molecule has 0 saturated carbocycles. The summed E-state index contributed by atoms with van der Waals surface area (Å²) in [6, 6.07) is 12.2. The molecule has 0 aliphatic carbocycles. The van der Waals surface area contributed by atoms with E-state index in [0.717, 1.165) is 0 Å². The molecule has 0 aromatic heterocycles. The van der Waals surface area contributed by atoms with E-state index in [1.807, 2.05) is 0 Å². The van der Waals surface area contributed by atoms with Gasteiger partial charge in [-0.1, -0.05) is 29.8 Å². The number of hydrogen-bond acceptors (Lipinski definition) is 2. The Bertz CT molecular complexity index is 647. The minimum atomic E-state index is -1.45. The number of rotatable bonds is 4. The Labute approximate surface area is 121 Å². The predicted octanol–water partition coefficient (Wildman–Crippen LogP) is 3.89. The molecule has 1 unspecified atom stereocenters. The van der Waals surface area contributed by atoms with Crippen molar-refractivity contribution in [3.05, 3.63) is 64.9 Å². The number of halogens is 2. The number of carboxylic acids is 1. The van der Waals surface area contributed by atoms with Crippen LogP contribution in [-0.2, 0) is 10.3 Å². The summed E-state index contributed by atoms with van der Waals surface area (Å²) >= 11 is 5.88. The number of anilines is 1. The average Bonchev–Trinajstić information content (AvgIpc) is 2.38. The molecule has 2 rings (SSSR count). The molecule has 0 aliphatic heterocycles. The number of hydrogen-bond donors (Lipinski definition) is 2. The van der Waals surface area contributed by atoms with E-state index in [-0.39, 0.29) is 0 Å². The van der Waals surface area contributed by atoms with Crippen molar-refractivity contribution in [2.24, 2.45) is 0 Å². The third-order valence-electron chi connectivity index (χ3n) is 3.05. The van der Waals surface area contributed by atoms with Crippen molar-refractivity contribution in [2.45, 2.75) is 12.5 Å². The highest BCUT2D eigenvalue weighted by Crippen LogP contribution is 2.28. The zero-order valence-electron chi connectivity index (χ0n) is 10.7. The van der Waals surface area contributed by atoms with Gasteiger partial charge in [0, 0.05) is 10.7 Å². The highest BCUT2D eigenvalue weighted by Gasteiger charge is 2.35. The molecule has 2 aromatic rings. The van der Waals surface area contributed by atoms with Crippen LogP contribution in [-0.4, -0.2) is 11.1 Å². The van der Waals surface area contributed by atoms with Gasteiger partial charge < -0.3 is 10.4 Å². The first-order valence-corrected chi connectivity index (χ1v) is 6.33. The van der Waals surface area contributed by atoms with Crippen molar-refractivity contribution in [2.75, 3.05) is 5.32 Å². The Morgan fingerprint density at radius 3 is 2.55 bits per heavy atom. The van der Waals surface area contributed by atoms with Gasteiger partial charge in [0.2, 0.25) is 0 Å². The van der Waals surface area contributed by atoms with Gasteiger partial charge in [0.1, 0.15) is 5.82 Å². The van der Waals surface area contributed by atoms with Crippen LogP contribution in [0.4, 0.5) is 10.1 Å². The van der Waals surface area contributed by atoms with E-state index in [9.17, 15) is 14.3 Å². The summed E-state index contributed by atoms with van der Waals surface area (Å²) in [5.41, 5.74) is -0.580. The lowest BCUT2D eigenvalue weighted by Gasteiger charge is -2.28. The van der Waals surface area contributed by atoms with Crippen molar-refractivity contribution in [1.82, 2.24) is 0 Å². The van der Waals surface area contributed by atoms with E-state index in [4.69, 9.17) is 11.6 Å². The Hall–Kier alpha value is -2.07. The molecule has 0 bridgehead atoms. The molecule has 1 atom stereocenters. The van der Waals surface area contributed by atoms with Crippen molar-refractivity contribution in [1.29, 1.82) is 0 Å². The molecular formula is C15H13ClFNO2. The van der Waals surface area contributed by atoms with Crippen LogP contribution in [0.5, 0.6) is 0 Å². The van der Waals surface area contributed by atoms with E-state index >= 15 is 0 Å². The second kappa shape index (κ2) is 5.51. The molecule has 3 nitrogen and oxygen atoms in total. The molecule has 2 N–H and O–H groups in total. The summed E-state index contributed by atoms with van der Waals surface area (Å²) in [6.07, 6.45) is 0. The monoisotopic (exact) mass is 293 g/mol. The van der Waals surface area contributed by atoms with Crippen LogP contribution < -0.4 is 5.32 Å². The maximum absolute atomic E-state index is 13.3. The Morgan fingerprint density at radius 2 is 1.95 bits per heavy atom. The maximum atomic E-state index is 13.3. The molecular weight excluding hydrogens is 281 g/mol. The van der Waals surface area contributed by atoms with Crippen LogP contribution in [0.15, 0.2) is 48.5 Å². The summed E-state index contributed by atoms with van der Waals surface area (Å²) in [5, 5.41) is 12.9. The fourth-order valence-electron chi connectivity index (χ4n) is 1.90. The van der Waals surface area contributed by atoms with Gasteiger partial charge in [0.15, 0.2) is 5.54 Å². The van der Waals surface area contributed by atoms with Gasteiger partial charge in [-0.2, -0.15) is 0 Å². The van der Waals surface area contributed by atoms with Gasteiger partial charge in [-0.25, -0.2) is 9.18 Å². The summed E-state index contributed by atoms with van der Waals surface area (Å²) in [7, 11) is 0. The van der Waals surface area contributed by atoms with Gasteiger partial charge in [-0.15, -0.1) is 0 Å². The van der Waals surface area contributed by atoms with Gasteiger partial charge in [0.05, 0.1) is 0 Å². The summed E-state index contributed by atoms with van der Waals surface area (Å²) < 4.78 is 13.3. The van der Waals surface area contributed by atoms with Crippen molar-refractivity contribution in [3.63, 3.8) is 0 Å². The number of aliphatic carboxylic acids is 1. The molecule has 0 aliphatic rings.